The molecule has 4 aromatic rings. The molecule has 1 unspecified atom stereocenters. The summed E-state index contributed by atoms with van der Waals surface area (Å²) in [5.41, 5.74) is 1.44. The van der Waals surface area contributed by atoms with Crippen LogP contribution in [0.4, 0.5) is 0 Å². The number of rotatable bonds is 9. The van der Waals surface area contributed by atoms with Gasteiger partial charge in [-0.3, -0.25) is 9.08 Å². The van der Waals surface area contributed by atoms with Crippen LogP contribution >= 0.6 is 0 Å². The summed E-state index contributed by atoms with van der Waals surface area (Å²) < 4.78 is 36.2. The summed E-state index contributed by atoms with van der Waals surface area (Å²) in [4.78, 5) is 13.7. The first-order chi connectivity index (χ1) is 17.3. The minimum atomic E-state index is -4.24. The number of aliphatic hydroxyl groups excluding tert-OH is 1. The van der Waals surface area contributed by atoms with Crippen molar-refractivity contribution < 1.29 is 27.3 Å². The first-order valence-electron chi connectivity index (χ1n) is 11.3. The van der Waals surface area contributed by atoms with Gasteiger partial charge < -0.3 is 9.84 Å². The standard InChI is InChI=1S/C28H25NO6S/c1-19-12-14-22(15-13-19)36(32,33)35-29-27(21-8-4-3-5-9-21)28(31)25-16-17-26(34-18-20(2)30)24-11-7-6-10-23(24)25/h3-17,20,30H,18H2,1-2H3/b29-27+. The first-order valence-corrected chi connectivity index (χ1v) is 12.7. The van der Waals surface area contributed by atoms with Crippen molar-refractivity contribution in [3.63, 3.8) is 0 Å². The van der Waals surface area contributed by atoms with Gasteiger partial charge in [-0.1, -0.05) is 77.4 Å². The van der Waals surface area contributed by atoms with Gasteiger partial charge in [0.1, 0.15) is 17.3 Å². The lowest BCUT2D eigenvalue weighted by Gasteiger charge is -2.14. The molecule has 184 valence electrons. The van der Waals surface area contributed by atoms with Crippen LogP contribution in [0.3, 0.4) is 0 Å². The van der Waals surface area contributed by atoms with Crippen LogP contribution in [0.2, 0.25) is 0 Å². The zero-order valence-corrected chi connectivity index (χ0v) is 20.6. The molecule has 0 aliphatic carbocycles. The molecule has 0 radical (unpaired) electrons. The van der Waals surface area contributed by atoms with Crippen LogP contribution in [-0.2, 0) is 14.4 Å². The topological polar surface area (TPSA) is 102 Å². The molecule has 0 saturated heterocycles. The molecule has 0 heterocycles. The summed E-state index contributed by atoms with van der Waals surface area (Å²) in [6.07, 6.45) is -0.658. The second-order valence-corrected chi connectivity index (χ2v) is 9.82. The molecule has 0 amide bonds. The number of hydrogen-bond donors (Lipinski definition) is 1. The Kier molecular flexibility index (Phi) is 7.47. The Balaban J connectivity index is 1.77. The average Bonchev–Trinajstić information content (AvgIpc) is 2.88. The fourth-order valence-electron chi connectivity index (χ4n) is 3.59. The van der Waals surface area contributed by atoms with Gasteiger partial charge in [-0.05, 0) is 43.5 Å². The van der Waals surface area contributed by atoms with E-state index in [1.54, 1.807) is 79.7 Å². The molecule has 4 rings (SSSR count). The van der Waals surface area contributed by atoms with Gasteiger partial charge in [-0.25, -0.2) is 0 Å². The van der Waals surface area contributed by atoms with Crippen LogP contribution in [0, 0.1) is 6.92 Å². The number of aryl methyl sites for hydroxylation is 1. The summed E-state index contributed by atoms with van der Waals surface area (Å²) >= 11 is 0. The van der Waals surface area contributed by atoms with Gasteiger partial charge in [0.05, 0.1) is 6.10 Å². The number of Topliss-reactive ketones (excluding diaryl/α,β-unsaturated/α-hetero) is 1. The van der Waals surface area contributed by atoms with E-state index in [1.807, 2.05) is 13.0 Å². The highest BCUT2D eigenvalue weighted by Gasteiger charge is 2.23. The number of carbonyl (C=O) groups is 1. The molecule has 1 atom stereocenters. The Morgan fingerprint density at radius 3 is 2.19 bits per heavy atom. The first kappa shape index (κ1) is 25.1. The van der Waals surface area contributed by atoms with Crippen LogP contribution in [0.5, 0.6) is 5.75 Å². The van der Waals surface area contributed by atoms with E-state index in [0.29, 0.717) is 27.6 Å². The normalized spacial score (nSPS) is 12.8. The third-order valence-corrected chi connectivity index (χ3v) is 6.53. The lowest BCUT2D eigenvalue weighted by Crippen LogP contribution is -2.18. The molecule has 36 heavy (non-hydrogen) atoms. The van der Waals surface area contributed by atoms with E-state index in [9.17, 15) is 18.3 Å². The molecule has 7 nitrogen and oxygen atoms in total. The molecular weight excluding hydrogens is 478 g/mol. The van der Waals surface area contributed by atoms with E-state index in [-0.39, 0.29) is 17.2 Å². The summed E-state index contributed by atoms with van der Waals surface area (Å²) in [5, 5.41) is 14.7. The minimum absolute atomic E-state index is 0.0678. The van der Waals surface area contributed by atoms with Crippen molar-refractivity contribution in [2.75, 3.05) is 6.61 Å². The van der Waals surface area contributed by atoms with Gasteiger partial charge in [0.15, 0.2) is 5.71 Å². The maximum atomic E-state index is 13.7. The Morgan fingerprint density at radius 1 is 0.889 bits per heavy atom. The lowest BCUT2D eigenvalue weighted by atomic mass is 9.95. The van der Waals surface area contributed by atoms with Crippen molar-refractivity contribution >= 4 is 32.4 Å². The third-order valence-electron chi connectivity index (χ3n) is 5.41. The van der Waals surface area contributed by atoms with Gasteiger partial charge >= 0.3 is 10.1 Å². The smallest absolute Gasteiger partial charge is 0.358 e. The molecule has 0 spiro atoms. The highest BCUT2D eigenvalue weighted by Crippen LogP contribution is 2.30. The van der Waals surface area contributed by atoms with E-state index in [1.165, 1.54) is 12.1 Å². The Bertz CT molecular complexity index is 1510. The van der Waals surface area contributed by atoms with Gasteiger partial charge in [0.2, 0.25) is 5.78 Å². The molecule has 0 aliphatic heterocycles. The number of oxime groups is 1. The van der Waals surface area contributed by atoms with Crippen molar-refractivity contribution in [1.82, 2.24) is 0 Å². The van der Waals surface area contributed by atoms with E-state index in [0.717, 1.165) is 5.56 Å². The van der Waals surface area contributed by atoms with Crippen molar-refractivity contribution in [3.05, 3.63) is 108 Å². The molecule has 0 fully saturated rings. The molecule has 0 bridgehead atoms. The maximum absolute atomic E-state index is 13.7. The zero-order chi connectivity index (χ0) is 25.7. The number of aliphatic hydroxyl groups is 1. The second kappa shape index (κ2) is 10.7. The highest BCUT2D eigenvalue weighted by atomic mass is 32.2. The zero-order valence-electron chi connectivity index (χ0n) is 19.8. The quantitative estimate of drug-likeness (QED) is 0.198. The predicted octanol–water partition coefficient (Wildman–Crippen LogP) is 4.90. The maximum Gasteiger partial charge on any atom is 0.358 e. The van der Waals surface area contributed by atoms with Gasteiger partial charge in [0, 0.05) is 16.5 Å². The predicted molar refractivity (Wildman–Crippen MR) is 138 cm³/mol. The van der Waals surface area contributed by atoms with Crippen LogP contribution in [-0.4, -0.2) is 37.7 Å². The number of carbonyl (C=O) groups excluding carboxylic acids is 1. The second-order valence-electron chi connectivity index (χ2n) is 8.29. The molecular formula is C28H25NO6S. The van der Waals surface area contributed by atoms with Crippen molar-refractivity contribution in [3.8, 4) is 5.75 Å². The number of hydrogen-bond acceptors (Lipinski definition) is 7. The van der Waals surface area contributed by atoms with Gasteiger partial charge in [-0.15, -0.1) is 0 Å². The minimum Gasteiger partial charge on any atom is -0.490 e. The SMILES string of the molecule is Cc1ccc(S(=O)(=O)O/N=C(/C(=O)c2ccc(OCC(C)O)c3ccccc23)c2ccccc2)cc1. The lowest BCUT2D eigenvalue weighted by molar-refractivity contribution is 0.106. The van der Waals surface area contributed by atoms with Crippen LogP contribution in [0.25, 0.3) is 10.8 Å². The molecule has 4 aromatic carbocycles. The van der Waals surface area contributed by atoms with Crippen molar-refractivity contribution in [2.45, 2.75) is 24.8 Å². The van der Waals surface area contributed by atoms with Crippen LogP contribution in [0.15, 0.2) is 101 Å². The number of ether oxygens (including phenoxy) is 1. The number of ketones is 1. The van der Waals surface area contributed by atoms with Crippen molar-refractivity contribution in [2.24, 2.45) is 5.16 Å². The third kappa shape index (κ3) is 5.62. The van der Waals surface area contributed by atoms with Gasteiger partial charge in [0.25, 0.3) is 0 Å². The Morgan fingerprint density at radius 2 is 1.53 bits per heavy atom. The van der Waals surface area contributed by atoms with Gasteiger partial charge in [-0.2, -0.15) is 8.42 Å². The number of nitrogens with zero attached hydrogens (tertiary/aromatic N) is 1. The number of fused-ring (bicyclic) bond motifs is 1. The summed E-state index contributed by atoms with van der Waals surface area (Å²) in [7, 11) is -4.24. The van der Waals surface area contributed by atoms with Crippen LogP contribution in [0.1, 0.15) is 28.4 Å². The van der Waals surface area contributed by atoms with Crippen LogP contribution < -0.4 is 4.74 Å². The molecule has 0 saturated carbocycles. The molecule has 0 aromatic heterocycles. The van der Waals surface area contributed by atoms with Crippen molar-refractivity contribution in [1.29, 1.82) is 0 Å². The summed E-state index contributed by atoms with van der Waals surface area (Å²) in [5.74, 6) is -0.00182. The van der Waals surface area contributed by atoms with E-state index < -0.39 is 22.0 Å². The molecule has 8 heteroatoms. The summed E-state index contributed by atoms with van der Waals surface area (Å²) in [6.45, 7) is 3.55. The highest BCUT2D eigenvalue weighted by molar-refractivity contribution is 7.86. The monoisotopic (exact) mass is 503 g/mol. The fourth-order valence-corrected chi connectivity index (χ4v) is 4.32. The van der Waals surface area contributed by atoms with E-state index in [2.05, 4.69) is 5.16 Å². The van der Waals surface area contributed by atoms with E-state index >= 15 is 0 Å². The summed E-state index contributed by atoms with van der Waals surface area (Å²) in [6, 6.07) is 25.1. The molecule has 1 N–H and O–H groups in total. The molecule has 0 aliphatic rings. The van der Waals surface area contributed by atoms with E-state index in [4.69, 9.17) is 9.02 Å². The largest absolute Gasteiger partial charge is 0.490 e. The Labute approximate surface area is 209 Å². The Hall–Kier alpha value is -4.01. The number of benzene rings is 4. The fraction of sp³-hybridized carbons (Fsp3) is 0.143. The average molecular weight is 504 g/mol.